The van der Waals surface area contributed by atoms with Crippen LogP contribution in [-0.4, -0.2) is 73.5 Å². The van der Waals surface area contributed by atoms with E-state index in [-0.39, 0.29) is 17.3 Å². The molecular weight excluding hydrogens is 432 g/mol. The van der Waals surface area contributed by atoms with Gasteiger partial charge in [0, 0.05) is 11.6 Å². The number of benzene rings is 2. The second-order valence-electron chi connectivity index (χ2n) is 7.52. The number of rotatable bonds is 4. The molecule has 0 amide bonds. The van der Waals surface area contributed by atoms with Gasteiger partial charge in [-0.05, 0) is 29.8 Å². The van der Waals surface area contributed by atoms with Crippen LogP contribution in [0.25, 0.3) is 11.0 Å². The zero-order valence-corrected chi connectivity index (χ0v) is 16.7. The van der Waals surface area contributed by atoms with E-state index in [1.54, 1.807) is 53.1 Å². The van der Waals surface area contributed by atoms with Gasteiger partial charge in [-0.2, -0.15) is 4.90 Å². The van der Waals surface area contributed by atoms with E-state index in [1.807, 2.05) is 0 Å². The average molecular weight is 453 g/mol. The zero-order chi connectivity index (χ0) is 22.8. The number of hydrogen-bond acceptors (Lipinski definition) is 10. The van der Waals surface area contributed by atoms with Crippen molar-refractivity contribution in [2.45, 2.75) is 36.4 Å². The highest BCUT2D eigenvalue weighted by atomic mass is 35.5. The molecule has 1 atom stereocenters. The summed E-state index contributed by atoms with van der Waals surface area (Å²) in [5, 5.41) is 71.3. The van der Waals surface area contributed by atoms with Crippen LogP contribution in [0.15, 0.2) is 48.5 Å². The standard InChI is InChI=1S/C19H21ClN4O7/c20-12-7-5-11(6-8-12)9-23-14-4-2-1-3-13(14)22-15(23)10-24-18(21,29)16(25,26)17(27,28)19(24,30)31/h1-8,25-31H,9-10,21H2. The zero-order valence-electron chi connectivity index (χ0n) is 16.0. The molecule has 0 aliphatic carbocycles. The van der Waals surface area contributed by atoms with Gasteiger partial charge < -0.3 is 40.3 Å². The number of hydrogen-bond donors (Lipinski definition) is 8. The molecule has 4 rings (SSSR count). The maximum atomic E-state index is 10.4. The number of aliphatic hydroxyl groups is 7. The van der Waals surface area contributed by atoms with Gasteiger partial charge in [-0.1, -0.05) is 35.9 Å². The molecule has 31 heavy (non-hydrogen) atoms. The van der Waals surface area contributed by atoms with Crippen LogP contribution in [0.4, 0.5) is 0 Å². The summed E-state index contributed by atoms with van der Waals surface area (Å²) < 4.78 is 1.66. The summed E-state index contributed by atoms with van der Waals surface area (Å²) >= 11 is 5.93. The number of nitrogens with two attached hydrogens (primary N) is 1. The van der Waals surface area contributed by atoms with E-state index in [9.17, 15) is 35.7 Å². The third-order valence-corrected chi connectivity index (χ3v) is 5.79. The first-order valence-corrected chi connectivity index (χ1v) is 9.50. The Labute approximate surface area is 180 Å². The number of aromatic nitrogens is 2. The molecule has 3 aromatic rings. The van der Waals surface area contributed by atoms with E-state index in [1.165, 1.54) is 0 Å². The molecule has 2 aromatic carbocycles. The fourth-order valence-corrected chi connectivity index (χ4v) is 3.80. The van der Waals surface area contributed by atoms with Crippen molar-refractivity contribution in [2.75, 3.05) is 0 Å². The SMILES string of the molecule is NC1(O)N(Cc2nc3ccccc3n2Cc2ccc(Cl)cc2)C(O)(O)C(O)(O)C1(O)O. The maximum Gasteiger partial charge on any atom is 0.296 e. The lowest BCUT2D eigenvalue weighted by molar-refractivity contribution is -0.441. The average Bonchev–Trinajstić information content (AvgIpc) is 3.06. The molecule has 0 saturated carbocycles. The van der Waals surface area contributed by atoms with E-state index in [2.05, 4.69) is 4.98 Å². The Bertz CT molecular complexity index is 1100. The molecule has 1 saturated heterocycles. The first-order valence-electron chi connectivity index (χ1n) is 9.12. The van der Waals surface area contributed by atoms with Crippen molar-refractivity contribution in [3.05, 3.63) is 64.9 Å². The quantitative estimate of drug-likeness (QED) is 0.209. The molecule has 0 radical (unpaired) electrons. The third-order valence-electron chi connectivity index (χ3n) is 5.54. The van der Waals surface area contributed by atoms with Crippen LogP contribution in [0.2, 0.25) is 5.02 Å². The monoisotopic (exact) mass is 452 g/mol. The lowest BCUT2D eigenvalue weighted by Gasteiger charge is -2.35. The summed E-state index contributed by atoms with van der Waals surface area (Å²) in [5.74, 6) is -14.9. The van der Waals surface area contributed by atoms with Crippen molar-refractivity contribution in [2.24, 2.45) is 5.73 Å². The largest absolute Gasteiger partial charge is 0.358 e. The maximum absolute atomic E-state index is 10.4. The van der Waals surface area contributed by atoms with Crippen molar-refractivity contribution >= 4 is 22.6 Å². The van der Waals surface area contributed by atoms with Crippen LogP contribution >= 0.6 is 11.6 Å². The molecule has 1 unspecified atom stereocenters. The topological polar surface area (TPSA) is 189 Å². The Morgan fingerprint density at radius 2 is 1.45 bits per heavy atom. The van der Waals surface area contributed by atoms with Crippen LogP contribution in [-0.2, 0) is 13.1 Å². The number of halogens is 1. The van der Waals surface area contributed by atoms with Crippen molar-refractivity contribution in [3.63, 3.8) is 0 Å². The molecule has 0 spiro atoms. The predicted octanol–water partition coefficient (Wildman–Crippen LogP) is -1.84. The van der Waals surface area contributed by atoms with Crippen LogP contribution in [0.5, 0.6) is 0 Å². The summed E-state index contributed by atoms with van der Waals surface area (Å²) in [6.07, 6.45) is 0. The Kier molecular flexibility index (Phi) is 4.92. The lowest BCUT2D eigenvalue weighted by atomic mass is 10.0. The summed E-state index contributed by atoms with van der Waals surface area (Å²) in [4.78, 5) is 4.52. The van der Waals surface area contributed by atoms with Crippen LogP contribution in [0.1, 0.15) is 11.4 Å². The molecule has 1 fully saturated rings. The Morgan fingerprint density at radius 1 is 0.839 bits per heavy atom. The van der Waals surface area contributed by atoms with E-state index in [4.69, 9.17) is 17.3 Å². The number of nitrogens with zero attached hydrogens (tertiary/aromatic N) is 3. The first-order chi connectivity index (χ1) is 14.3. The van der Waals surface area contributed by atoms with Gasteiger partial charge >= 0.3 is 0 Å². The summed E-state index contributed by atoms with van der Waals surface area (Å²) in [6, 6.07) is 13.9. The van der Waals surface area contributed by atoms with Crippen molar-refractivity contribution in [1.82, 2.24) is 14.5 Å². The molecular formula is C19H21ClN4O7. The van der Waals surface area contributed by atoms with E-state index < -0.39 is 29.9 Å². The van der Waals surface area contributed by atoms with Gasteiger partial charge in [-0.25, -0.2) is 4.98 Å². The van der Waals surface area contributed by atoms with E-state index >= 15 is 0 Å². The van der Waals surface area contributed by atoms with Gasteiger partial charge in [-0.3, -0.25) is 5.73 Å². The fourth-order valence-electron chi connectivity index (χ4n) is 3.67. The van der Waals surface area contributed by atoms with Crippen LogP contribution in [0, 0.1) is 0 Å². The minimum Gasteiger partial charge on any atom is -0.358 e. The second kappa shape index (κ2) is 6.92. The van der Waals surface area contributed by atoms with Gasteiger partial charge in [0.1, 0.15) is 5.82 Å². The number of para-hydroxylation sites is 2. The van der Waals surface area contributed by atoms with E-state index in [0.717, 1.165) is 5.56 Å². The molecule has 9 N–H and O–H groups in total. The van der Waals surface area contributed by atoms with Crippen molar-refractivity contribution in [3.8, 4) is 0 Å². The molecule has 11 nitrogen and oxygen atoms in total. The summed E-state index contributed by atoms with van der Waals surface area (Å²) in [5.41, 5.74) is 7.48. The molecule has 166 valence electrons. The highest BCUT2D eigenvalue weighted by Gasteiger charge is 2.82. The van der Waals surface area contributed by atoms with Gasteiger partial charge in [-0.15, -0.1) is 0 Å². The second-order valence-corrected chi connectivity index (χ2v) is 7.96. The molecule has 0 bridgehead atoms. The van der Waals surface area contributed by atoms with Gasteiger partial charge in [0.05, 0.1) is 17.6 Å². The minimum absolute atomic E-state index is 0.112. The highest BCUT2D eigenvalue weighted by Crippen LogP contribution is 2.47. The molecule has 1 aliphatic heterocycles. The number of imidazole rings is 1. The molecule has 1 aromatic heterocycles. The van der Waals surface area contributed by atoms with Gasteiger partial charge in [0.2, 0.25) is 5.85 Å². The normalized spacial score (nSPS) is 24.7. The van der Waals surface area contributed by atoms with Crippen LogP contribution in [0.3, 0.4) is 0 Å². The third kappa shape index (κ3) is 3.07. The van der Waals surface area contributed by atoms with E-state index in [0.29, 0.717) is 16.1 Å². The molecule has 1 aliphatic rings. The Balaban J connectivity index is 1.81. The number of likely N-dealkylation sites (tertiary alicyclic amines) is 1. The van der Waals surface area contributed by atoms with Crippen molar-refractivity contribution < 1.29 is 35.7 Å². The summed E-state index contributed by atoms with van der Waals surface area (Å²) in [7, 11) is 0. The highest BCUT2D eigenvalue weighted by molar-refractivity contribution is 6.30. The van der Waals surface area contributed by atoms with Crippen LogP contribution < -0.4 is 5.73 Å². The molecule has 2 heterocycles. The smallest absolute Gasteiger partial charge is 0.296 e. The lowest BCUT2D eigenvalue weighted by Crippen LogP contribution is -2.69. The predicted molar refractivity (Wildman–Crippen MR) is 106 cm³/mol. The number of fused-ring (bicyclic) bond motifs is 1. The molecule has 12 heteroatoms. The summed E-state index contributed by atoms with van der Waals surface area (Å²) in [6.45, 7) is -0.450. The van der Waals surface area contributed by atoms with Crippen molar-refractivity contribution in [1.29, 1.82) is 0 Å². The first kappa shape index (κ1) is 22.0. The van der Waals surface area contributed by atoms with Gasteiger partial charge in [0.15, 0.2) is 0 Å². The minimum atomic E-state index is -4.02. The Hall–Kier alpha value is -2.16. The Morgan fingerprint density at radius 3 is 2.03 bits per heavy atom. The fraction of sp³-hybridized carbons (Fsp3) is 0.316. The van der Waals surface area contributed by atoms with Gasteiger partial charge in [0.25, 0.3) is 17.5 Å².